The highest BCUT2D eigenvalue weighted by Gasteiger charge is 2.36. The quantitative estimate of drug-likeness (QED) is 0.599. The Balaban J connectivity index is 2.47. The van der Waals surface area contributed by atoms with E-state index in [1.165, 1.54) is 0 Å². The highest BCUT2D eigenvalue weighted by atomic mass is 19.3. The van der Waals surface area contributed by atoms with Gasteiger partial charge in [0, 0.05) is 31.8 Å². The van der Waals surface area contributed by atoms with E-state index in [0.717, 1.165) is 12.8 Å². The molecule has 0 aromatic carbocycles. The molecular formula is C18H34F2N2O2. The van der Waals surface area contributed by atoms with Crippen molar-refractivity contribution < 1.29 is 18.7 Å². The first-order valence-corrected chi connectivity index (χ1v) is 9.17. The van der Waals surface area contributed by atoms with Crippen LogP contribution >= 0.6 is 0 Å². The lowest BCUT2D eigenvalue weighted by Gasteiger charge is -2.31. The molecule has 4 N–H and O–H groups in total. The molecule has 0 aliphatic heterocycles. The number of halogens is 2. The Morgan fingerprint density at radius 2 is 1.88 bits per heavy atom. The number of hydrogen-bond donors (Lipinski definition) is 3. The first kappa shape index (κ1) is 21.3. The fraction of sp³-hybridized carbons (Fsp3) is 0.944. The number of rotatable bonds is 9. The summed E-state index contributed by atoms with van der Waals surface area (Å²) in [5.74, 6) is -2.23. The first-order valence-electron chi connectivity index (χ1n) is 9.17. The average Bonchev–Trinajstić information content (AvgIpc) is 2.52. The van der Waals surface area contributed by atoms with Gasteiger partial charge in [0.05, 0.1) is 6.10 Å². The Morgan fingerprint density at radius 1 is 1.29 bits per heavy atom. The van der Waals surface area contributed by atoms with Gasteiger partial charge in [-0.1, -0.05) is 20.3 Å². The van der Waals surface area contributed by atoms with Crippen molar-refractivity contribution in [1.82, 2.24) is 5.32 Å². The van der Waals surface area contributed by atoms with E-state index in [1.54, 1.807) is 7.05 Å². The molecule has 4 nitrogen and oxygen atoms in total. The van der Waals surface area contributed by atoms with Crippen LogP contribution in [0.25, 0.3) is 0 Å². The van der Waals surface area contributed by atoms with E-state index >= 15 is 0 Å². The van der Waals surface area contributed by atoms with E-state index < -0.39 is 18.1 Å². The summed E-state index contributed by atoms with van der Waals surface area (Å²) in [6.45, 7) is 4.20. The molecule has 0 spiro atoms. The Bertz CT molecular complexity index is 381. The fourth-order valence-corrected chi connectivity index (χ4v) is 3.44. The molecule has 1 aliphatic rings. The maximum Gasteiger partial charge on any atom is 0.248 e. The fourth-order valence-electron chi connectivity index (χ4n) is 3.44. The molecule has 0 radical (unpaired) electrons. The second kappa shape index (κ2) is 9.66. The first-order chi connectivity index (χ1) is 11.1. The third kappa shape index (κ3) is 7.43. The number of carbonyl (C=O) groups is 1. The zero-order valence-electron chi connectivity index (χ0n) is 15.2. The zero-order valence-corrected chi connectivity index (χ0v) is 15.2. The summed E-state index contributed by atoms with van der Waals surface area (Å²) in [4.78, 5) is 12.0. The van der Waals surface area contributed by atoms with Crippen molar-refractivity contribution in [3.8, 4) is 0 Å². The smallest absolute Gasteiger partial charge is 0.248 e. The third-order valence-corrected chi connectivity index (χ3v) is 5.17. The second-order valence-corrected chi connectivity index (χ2v) is 7.78. The molecule has 1 aliphatic carbocycles. The van der Waals surface area contributed by atoms with Gasteiger partial charge in [-0.2, -0.15) is 0 Å². The largest absolute Gasteiger partial charge is 0.391 e. The van der Waals surface area contributed by atoms with E-state index in [4.69, 9.17) is 5.73 Å². The van der Waals surface area contributed by atoms with Gasteiger partial charge in [0.15, 0.2) is 0 Å². The van der Waals surface area contributed by atoms with Crippen molar-refractivity contribution >= 4 is 5.91 Å². The summed E-state index contributed by atoms with van der Waals surface area (Å²) in [6.07, 6.45) is 2.47. The van der Waals surface area contributed by atoms with Crippen LogP contribution in [-0.4, -0.2) is 36.1 Å². The topological polar surface area (TPSA) is 75.3 Å². The Hall–Kier alpha value is -0.750. The molecule has 1 amide bonds. The predicted molar refractivity (Wildman–Crippen MR) is 91.7 cm³/mol. The van der Waals surface area contributed by atoms with Crippen molar-refractivity contribution in [2.45, 2.75) is 83.3 Å². The number of hydrogen-bond acceptors (Lipinski definition) is 3. The summed E-state index contributed by atoms with van der Waals surface area (Å²) in [7, 11) is 1.60. The summed E-state index contributed by atoms with van der Waals surface area (Å²) < 4.78 is 26.4. The molecule has 3 atom stereocenters. The number of carbonyl (C=O) groups excluding carboxylic acids is 1. The lowest BCUT2D eigenvalue weighted by molar-refractivity contribution is -0.126. The highest BCUT2D eigenvalue weighted by Crippen LogP contribution is 2.38. The van der Waals surface area contributed by atoms with Crippen LogP contribution in [0.15, 0.2) is 0 Å². The van der Waals surface area contributed by atoms with E-state index in [1.807, 2.05) is 0 Å². The van der Waals surface area contributed by atoms with Crippen LogP contribution in [0, 0.1) is 17.8 Å². The Morgan fingerprint density at radius 3 is 2.38 bits per heavy atom. The highest BCUT2D eigenvalue weighted by molar-refractivity contribution is 5.78. The van der Waals surface area contributed by atoms with Crippen LogP contribution in [0.5, 0.6) is 0 Å². The normalized spacial score (nSPS) is 22.2. The van der Waals surface area contributed by atoms with Gasteiger partial charge < -0.3 is 16.2 Å². The Kier molecular flexibility index (Phi) is 8.57. The molecule has 1 fully saturated rings. The zero-order chi connectivity index (χ0) is 18.3. The SMILES string of the molecule is CNC(=O)[C@H](CCC(C)C)C[C@H](O)[C@@H](N)CC1CCC(F)(F)CC1. The van der Waals surface area contributed by atoms with Crippen LogP contribution in [0.2, 0.25) is 0 Å². The standard InChI is InChI=1S/C18H34F2N2O2/c1-12(2)4-5-14(17(24)22-3)11-16(23)15(21)10-13-6-8-18(19,20)9-7-13/h12-16,23H,4-11,21H2,1-3H3,(H,22,24)/t14-,15+,16+/m1/s1. The molecule has 0 aromatic heterocycles. The average molecular weight is 348 g/mol. The Labute approximate surface area is 144 Å². The molecule has 0 unspecified atom stereocenters. The molecule has 1 rings (SSSR count). The van der Waals surface area contributed by atoms with E-state index in [2.05, 4.69) is 19.2 Å². The van der Waals surface area contributed by atoms with Crippen molar-refractivity contribution in [2.75, 3.05) is 7.05 Å². The summed E-state index contributed by atoms with van der Waals surface area (Å²) in [5.41, 5.74) is 6.09. The van der Waals surface area contributed by atoms with Gasteiger partial charge in [-0.05, 0) is 43.9 Å². The van der Waals surface area contributed by atoms with Gasteiger partial charge in [-0.25, -0.2) is 8.78 Å². The van der Waals surface area contributed by atoms with Gasteiger partial charge in [0.25, 0.3) is 0 Å². The third-order valence-electron chi connectivity index (χ3n) is 5.17. The molecule has 0 aromatic rings. The van der Waals surface area contributed by atoms with Crippen molar-refractivity contribution in [3.05, 3.63) is 0 Å². The van der Waals surface area contributed by atoms with Crippen molar-refractivity contribution in [1.29, 1.82) is 0 Å². The minimum Gasteiger partial charge on any atom is -0.391 e. The van der Waals surface area contributed by atoms with E-state index in [-0.39, 0.29) is 30.6 Å². The van der Waals surface area contributed by atoms with Crippen molar-refractivity contribution in [2.24, 2.45) is 23.5 Å². The van der Waals surface area contributed by atoms with Crippen molar-refractivity contribution in [3.63, 3.8) is 0 Å². The van der Waals surface area contributed by atoms with Crippen LogP contribution in [0.4, 0.5) is 8.78 Å². The lowest BCUT2D eigenvalue weighted by Crippen LogP contribution is -2.41. The van der Waals surface area contributed by atoms with Crippen LogP contribution in [-0.2, 0) is 4.79 Å². The number of alkyl halides is 2. The van der Waals surface area contributed by atoms with Gasteiger partial charge in [-0.3, -0.25) is 4.79 Å². The monoisotopic (exact) mass is 348 g/mol. The van der Waals surface area contributed by atoms with Gasteiger partial charge >= 0.3 is 0 Å². The molecular weight excluding hydrogens is 314 g/mol. The molecule has 6 heteroatoms. The molecule has 0 saturated heterocycles. The summed E-state index contributed by atoms with van der Waals surface area (Å²) in [6, 6.07) is -0.465. The van der Waals surface area contributed by atoms with E-state index in [9.17, 15) is 18.7 Å². The molecule has 1 saturated carbocycles. The van der Waals surface area contributed by atoms with Crippen LogP contribution in [0.3, 0.4) is 0 Å². The second-order valence-electron chi connectivity index (χ2n) is 7.78. The number of amides is 1. The molecule has 0 heterocycles. The van der Waals surface area contributed by atoms with E-state index in [0.29, 0.717) is 31.6 Å². The number of aliphatic hydroxyl groups excluding tert-OH is 1. The minimum atomic E-state index is -2.54. The number of nitrogens with two attached hydrogens (primary N) is 1. The molecule has 142 valence electrons. The molecule has 0 bridgehead atoms. The van der Waals surface area contributed by atoms with Gasteiger partial charge in [0.2, 0.25) is 11.8 Å². The minimum absolute atomic E-state index is 0.0702. The predicted octanol–water partition coefficient (Wildman–Crippen LogP) is 3.08. The van der Waals surface area contributed by atoms with Gasteiger partial charge in [-0.15, -0.1) is 0 Å². The number of nitrogens with one attached hydrogen (secondary N) is 1. The summed E-state index contributed by atoms with van der Waals surface area (Å²) in [5, 5.41) is 13.0. The maximum atomic E-state index is 13.2. The van der Waals surface area contributed by atoms with Crippen LogP contribution in [0.1, 0.15) is 65.2 Å². The van der Waals surface area contributed by atoms with Gasteiger partial charge in [0.1, 0.15) is 0 Å². The lowest BCUT2D eigenvalue weighted by atomic mass is 9.81. The molecule has 24 heavy (non-hydrogen) atoms. The summed E-state index contributed by atoms with van der Waals surface area (Å²) >= 11 is 0. The maximum absolute atomic E-state index is 13.2. The van der Waals surface area contributed by atoms with Crippen LogP contribution < -0.4 is 11.1 Å². The number of aliphatic hydroxyl groups is 1.